The summed E-state index contributed by atoms with van der Waals surface area (Å²) in [6.07, 6.45) is -0.589. The Balaban J connectivity index is 1.51. The van der Waals surface area contributed by atoms with Gasteiger partial charge < -0.3 is 29.6 Å². The van der Waals surface area contributed by atoms with Crippen LogP contribution in [-0.4, -0.2) is 90.2 Å². The number of nitrogens with zero attached hydrogens (tertiary/aromatic N) is 2. The number of aliphatic hydroxyl groups is 1. The van der Waals surface area contributed by atoms with Crippen molar-refractivity contribution in [2.45, 2.75) is 71.2 Å². The Morgan fingerprint density at radius 2 is 1.43 bits per heavy atom. The van der Waals surface area contributed by atoms with E-state index in [2.05, 4.69) is 36.4 Å². The van der Waals surface area contributed by atoms with E-state index in [1.807, 2.05) is 60.7 Å². The van der Waals surface area contributed by atoms with E-state index in [1.165, 1.54) is 18.4 Å². The van der Waals surface area contributed by atoms with Crippen LogP contribution in [0.15, 0.2) is 84.9 Å². The van der Waals surface area contributed by atoms with E-state index in [0.717, 1.165) is 15.3 Å². The number of hydrogen-bond acceptors (Lipinski definition) is 9. The smallest absolute Gasteiger partial charge is 0.412 e. The number of rotatable bonds is 13. The number of carbonyl (C=O) groups is 4. The van der Waals surface area contributed by atoms with Crippen molar-refractivity contribution in [2.75, 3.05) is 25.6 Å². The standard InChI is InChI=1S/C39H48N4O8SSi/c1-25-32(42-34(52-25)26-19-21-27(22-20-26)40-37(49)51-38(2,3)4)33(45)41-30(23-44)35(46)43(8)31(36(47)48)24-50-53(39(5,6)7,28-15-11-9-12-16-28)29-17-13-10-14-18-29/h9-22,30-31,44H,23-24H2,1-8H3,(H,40,49)(H,41,45)(H,47,48). The highest BCUT2D eigenvalue weighted by atomic mass is 32.1. The van der Waals surface area contributed by atoms with Gasteiger partial charge in [-0.05, 0) is 67.4 Å². The summed E-state index contributed by atoms with van der Waals surface area (Å²) in [5.74, 6) is -2.81. The number of aromatic nitrogens is 1. The van der Waals surface area contributed by atoms with Crippen molar-refractivity contribution in [3.63, 3.8) is 0 Å². The lowest BCUT2D eigenvalue weighted by atomic mass is 10.2. The largest absolute Gasteiger partial charge is 0.480 e. The van der Waals surface area contributed by atoms with Crippen LogP contribution in [0.25, 0.3) is 10.6 Å². The van der Waals surface area contributed by atoms with Crippen LogP contribution < -0.4 is 21.0 Å². The minimum absolute atomic E-state index is 0.0552. The molecule has 0 radical (unpaired) electrons. The molecule has 4 rings (SSSR count). The van der Waals surface area contributed by atoms with Crippen LogP contribution >= 0.6 is 11.3 Å². The Labute approximate surface area is 315 Å². The Morgan fingerprint density at radius 1 is 0.887 bits per heavy atom. The second kappa shape index (κ2) is 16.8. The number of likely N-dealkylation sites (N-methyl/N-ethyl adjacent to an activating group) is 1. The Hall–Kier alpha value is -4.89. The van der Waals surface area contributed by atoms with Crippen molar-refractivity contribution in [1.29, 1.82) is 0 Å². The summed E-state index contributed by atoms with van der Waals surface area (Å²) in [6.45, 7) is 12.1. The number of thiazole rings is 1. The number of aryl methyl sites for hydroxylation is 1. The maximum absolute atomic E-state index is 13.7. The summed E-state index contributed by atoms with van der Waals surface area (Å²) in [6, 6.07) is 23.4. The third-order valence-corrected chi connectivity index (χ3v) is 14.6. The molecule has 2 unspecified atom stereocenters. The van der Waals surface area contributed by atoms with Crippen LogP contribution in [-0.2, 0) is 18.8 Å². The van der Waals surface area contributed by atoms with E-state index in [1.54, 1.807) is 52.0 Å². The molecule has 12 nitrogen and oxygen atoms in total. The fraction of sp³-hybridized carbons (Fsp3) is 0.359. The SMILES string of the molecule is Cc1sc(-c2ccc(NC(=O)OC(C)(C)C)cc2)nc1C(=O)NC(CO)C(=O)N(C)C(CO[Si](c1ccccc1)(c1ccccc1)C(C)(C)C)C(=O)O. The number of nitrogens with one attached hydrogen (secondary N) is 2. The Bertz CT molecular complexity index is 1850. The molecule has 53 heavy (non-hydrogen) atoms. The van der Waals surface area contributed by atoms with Gasteiger partial charge in [-0.25, -0.2) is 14.6 Å². The maximum Gasteiger partial charge on any atom is 0.412 e. The first kappa shape index (κ1) is 40.9. The van der Waals surface area contributed by atoms with Crippen LogP contribution in [0.1, 0.15) is 56.9 Å². The van der Waals surface area contributed by atoms with Crippen molar-refractivity contribution in [2.24, 2.45) is 0 Å². The van der Waals surface area contributed by atoms with Crippen LogP contribution in [0, 0.1) is 6.92 Å². The summed E-state index contributed by atoms with van der Waals surface area (Å²) in [5, 5.41) is 27.8. The minimum Gasteiger partial charge on any atom is -0.480 e. The number of carbonyl (C=O) groups excluding carboxylic acids is 3. The van der Waals surface area contributed by atoms with E-state index in [0.29, 0.717) is 21.1 Å². The number of carboxylic acid groups (broad SMARTS) is 1. The molecule has 0 saturated heterocycles. The molecule has 0 fully saturated rings. The lowest BCUT2D eigenvalue weighted by Crippen LogP contribution is -2.68. The zero-order valence-corrected chi connectivity index (χ0v) is 33.1. The number of ether oxygens (including phenoxy) is 1. The van der Waals surface area contributed by atoms with E-state index in [-0.39, 0.29) is 12.3 Å². The zero-order chi connectivity index (χ0) is 39.1. The van der Waals surface area contributed by atoms with Crippen molar-refractivity contribution < 1.29 is 38.6 Å². The van der Waals surface area contributed by atoms with Gasteiger partial charge in [0.1, 0.15) is 22.3 Å². The van der Waals surface area contributed by atoms with E-state index in [9.17, 15) is 29.4 Å². The van der Waals surface area contributed by atoms with Gasteiger partial charge in [0.2, 0.25) is 5.91 Å². The number of aliphatic hydroxyl groups excluding tert-OH is 1. The van der Waals surface area contributed by atoms with Gasteiger partial charge in [0.25, 0.3) is 14.2 Å². The average molecular weight is 761 g/mol. The molecule has 0 aliphatic carbocycles. The van der Waals surface area contributed by atoms with Gasteiger partial charge in [-0.15, -0.1) is 11.3 Å². The molecule has 0 aliphatic rings. The number of carboxylic acids is 1. The van der Waals surface area contributed by atoms with Gasteiger partial charge in [0.15, 0.2) is 6.04 Å². The highest BCUT2D eigenvalue weighted by Gasteiger charge is 2.51. The molecule has 282 valence electrons. The maximum atomic E-state index is 13.7. The topological polar surface area (TPSA) is 167 Å². The molecule has 2 atom stereocenters. The molecule has 4 aromatic rings. The lowest BCUT2D eigenvalue weighted by Gasteiger charge is -2.44. The normalized spacial score (nSPS) is 13.1. The van der Waals surface area contributed by atoms with Gasteiger partial charge >= 0.3 is 12.1 Å². The third-order valence-electron chi connectivity index (χ3n) is 8.55. The molecule has 1 aromatic heterocycles. The Kier molecular flexibility index (Phi) is 13.0. The summed E-state index contributed by atoms with van der Waals surface area (Å²) in [4.78, 5) is 58.0. The number of hydrogen-bond donors (Lipinski definition) is 4. The second-order valence-corrected chi connectivity index (χ2v) is 20.1. The highest BCUT2D eigenvalue weighted by Crippen LogP contribution is 2.37. The first-order valence-corrected chi connectivity index (χ1v) is 19.8. The quantitative estimate of drug-likeness (QED) is 0.137. The summed E-state index contributed by atoms with van der Waals surface area (Å²) in [5.41, 5.74) is 0.609. The molecular formula is C39H48N4O8SSi. The molecule has 0 saturated carbocycles. The highest BCUT2D eigenvalue weighted by molar-refractivity contribution is 7.15. The van der Waals surface area contributed by atoms with Gasteiger partial charge in [0.05, 0.1) is 13.2 Å². The van der Waals surface area contributed by atoms with Gasteiger partial charge in [0, 0.05) is 23.2 Å². The third kappa shape index (κ3) is 9.76. The van der Waals surface area contributed by atoms with E-state index >= 15 is 0 Å². The first-order valence-electron chi connectivity index (χ1n) is 17.1. The van der Waals surface area contributed by atoms with Crippen LogP contribution in [0.3, 0.4) is 0 Å². The van der Waals surface area contributed by atoms with Crippen molar-refractivity contribution in [3.8, 4) is 10.6 Å². The van der Waals surface area contributed by atoms with Gasteiger partial charge in [-0.1, -0.05) is 81.4 Å². The van der Waals surface area contributed by atoms with E-state index < -0.39 is 61.5 Å². The van der Waals surface area contributed by atoms with Crippen molar-refractivity contribution in [1.82, 2.24) is 15.2 Å². The molecular weight excluding hydrogens is 713 g/mol. The Morgan fingerprint density at radius 3 is 1.91 bits per heavy atom. The predicted molar refractivity (Wildman–Crippen MR) is 208 cm³/mol. The lowest BCUT2D eigenvalue weighted by molar-refractivity contribution is -0.151. The average Bonchev–Trinajstić information content (AvgIpc) is 3.49. The number of benzene rings is 3. The first-order chi connectivity index (χ1) is 24.9. The summed E-state index contributed by atoms with van der Waals surface area (Å²) < 4.78 is 12.1. The molecule has 0 bridgehead atoms. The summed E-state index contributed by atoms with van der Waals surface area (Å²) >= 11 is 1.26. The van der Waals surface area contributed by atoms with Crippen LogP contribution in [0.4, 0.5) is 10.5 Å². The van der Waals surface area contributed by atoms with E-state index in [4.69, 9.17) is 9.16 Å². The van der Waals surface area contributed by atoms with Gasteiger partial charge in [-0.2, -0.15) is 0 Å². The molecule has 4 N–H and O–H groups in total. The fourth-order valence-electron chi connectivity index (χ4n) is 5.97. The summed E-state index contributed by atoms with van der Waals surface area (Å²) in [7, 11) is -1.83. The van der Waals surface area contributed by atoms with Gasteiger partial charge in [-0.3, -0.25) is 14.9 Å². The van der Waals surface area contributed by atoms with Crippen molar-refractivity contribution in [3.05, 3.63) is 95.5 Å². The molecule has 1 heterocycles. The van der Waals surface area contributed by atoms with Crippen LogP contribution in [0.5, 0.6) is 0 Å². The predicted octanol–water partition coefficient (Wildman–Crippen LogP) is 5.04. The number of amides is 3. The molecule has 3 aromatic carbocycles. The number of anilines is 1. The minimum atomic E-state index is -3.15. The fourth-order valence-corrected chi connectivity index (χ4v) is 11.5. The van der Waals surface area contributed by atoms with Crippen LogP contribution in [0.2, 0.25) is 5.04 Å². The van der Waals surface area contributed by atoms with Crippen molar-refractivity contribution >= 4 is 59.6 Å². The molecule has 3 amide bonds. The molecule has 0 aliphatic heterocycles. The molecule has 14 heteroatoms. The zero-order valence-electron chi connectivity index (χ0n) is 31.3. The molecule has 0 spiro atoms. The second-order valence-electron chi connectivity index (χ2n) is 14.6. The monoisotopic (exact) mass is 760 g/mol. The number of aliphatic carboxylic acids is 1.